The Kier molecular flexibility index (Phi) is 4.71. The lowest BCUT2D eigenvalue weighted by Crippen LogP contribution is -1.71. The fraction of sp³-hybridized carbons (Fsp3) is 0.200. The number of hydrogen-bond acceptors (Lipinski definition) is 0. The van der Waals surface area contributed by atoms with E-state index >= 15 is 0 Å². The van der Waals surface area contributed by atoms with E-state index in [1.807, 2.05) is 6.92 Å². The van der Waals surface area contributed by atoms with Gasteiger partial charge in [-0.1, -0.05) is 53.1 Å². The first-order valence-corrected chi connectivity index (χ1v) is 5.33. The van der Waals surface area contributed by atoms with Crippen LogP contribution in [-0.2, 0) is 0 Å². The second-order valence-electron chi connectivity index (χ2n) is 3.95. The highest BCUT2D eigenvalue weighted by Crippen LogP contribution is 2.00. The van der Waals surface area contributed by atoms with Crippen LogP contribution in [0.1, 0.15) is 16.7 Å². The van der Waals surface area contributed by atoms with Gasteiger partial charge in [-0.15, -0.1) is 0 Å². The highest BCUT2D eigenvalue weighted by molar-refractivity contribution is 5.20. The smallest absolute Gasteiger partial charge is 0.123 e. The van der Waals surface area contributed by atoms with Gasteiger partial charge in [-0.05, 0) is 32.9 Å². The molecule has 0 spiro atoms. The summed E-state index contributed by atoms with van der Waals surface area (Å²) in [6.45, 7) is 6.14. The Hall–Kier alpha value is -1.63. The average Bonchev–Trinajstić information content (AvgIpc) is 2.23. The molecule has 84 valence electrons. The third-order valence-corrected chi connectivity index (χ3v) is 2.18. The second kappa shape index (κ2) is 6.06. The molecule has 0 radical (unpaired) electrons. The minimum absolute atomic E-state index is 0.171. The van der Waals surface area contributed by atoms with Gasteiger partial charge in [-0.2, -0.15) is 0 Å². The first-order chi connectivity index (χ1) is 7.58. The number of benzene rings is 2. The van der Waals surface area contributed by atoms with Crippen LogP contribution in [0.25, 0.3) is 0 Å². The summed E-state index contributed by atoms with van der Waals surface area (Å²) in [6, 6.07) is 14.8. The molecule has 0 aliphatic heterocycles. The topological polar surface area (TPSA) is 0 Å². The minimum atomic E-state index is -0.171. The maximum absolute atomic E-state index is 12.1. The van der Waals surface area contributed by atoms with Gasteiger partial charge in [0.2, 0.25) is 0 Å². The molecule has 0 heterocycles. The van der Waals surface area contributed by atoms with Gasteiger partial charge >= 0.3 is 0 Å². The van der Waals surface area contributed by atoms with Crippen molar-refractivity contribution in [1.82, 2.24) is 0 Å². The van der Waals surface area contributed by atoms with Crippen LogP contribution in [-0.4, -0.2) is 0 Å². The van der Waals surface area contributed by atoms with Crippen LogP contribution in [0.5, 0.6) is 0 Å². The van der Waals surface area contributed by atoms with Gasteiger partial charge in [0.1, 0.15) is 5.82 Å². The molecule has 0 saturated carbocycles. The van der Waals surface area contributed by atoms with Crippen LogP contribution in [0.15, 0.2) is 48.5 Å². The zero-order valence-corrected chi connectivity index (χ0v) is 10.00. The molecular weight excluding hydrogens is 199 g/mol. The van der Waals surface area contributed by atoms with Gasteiger partial charge in [0, 0.05) is 0 Å². The maximum atomic E-state index is 12.1. The van der Waals surface area contributed by atoms with Crippen LogP contribution in [0.2, 0.25) is 0 Å². The Bertz CT molecular complexity index is 391. The van der Waals surface area contributed by atoms with Gasteiger partial charge in [-0.25, -0.2) is 4.39 Å². The Balaban J connectivity index is 0.000000160. The summed E-state index contributed by atoms with van der Waals surface area (Å²) in [5.41, 5.74) is 3.77. The van der Waals surface area contributed by atoms with Crippen molar-refractivity contribution >= 4 is 0 Å². The predicted molar refractivity (Wildman–Crippen MR) is 67.1 cm³/mol. The lowest BCUT2D eigenvalue weighted by molar-refractivity contribution is 0.627. The van der Waals surface area contributed by atoms with Crippen molar-refractivity contribution in [3.63, 3.8) is 0 Å². The van der Waals surface area contributed by atoms with Crippen molar-refractivity contribution in [3.05, 3.63) is 71.0 Å². The van der Waals surface area contributed by atoms with E-state index in [-0.39, 0.29) is 5.82 Å². The van der Waals surface area contributed by atoms with Crippen LogP contribution < -0.4 is 0 Å². The molecule has 1 heteroatoms. The van der Waals surface area contributed by atoms with E-state index < -0.39 is 0 Å². The van der Waals surface area contributed by atoms with Crippen molar-refractivity contribution in [2.24, 2.45) is 0 Å². The van der Waals surface area contributed by atoms with Crippen LogP contribution >= 0.6 is 0 Å². The molecule has 2 aromatic carbocycles. The number of rotatable bonds is 0. The summed E-state index contributed by atoms with van der Waals surface area (Å²) >= 11 is 0. The lowest BCUT2D eigenvalue weighted by Gasteiger charge is -1.90. The van der Waals surface area contributed by atoms with E-state index in [0.29, 0.717) is 0 Å². The number of aryl methyl sites for hydroxylation is 3. The Morgan fingerprint density at radius 1 is 0.688 bits per heavy atom. The molecule has 0 nitrogen and oxygen atoms in total. The summed E-state index contributed by atoms with van der Waals surface area (Å²) in [6.07, 6.45) is 0. The Morgan fingerprint density at radius 2 is 1.19 bits per heavy atom. The molecule has 0 unspecified atom stereocenters. The van der Waals surface area contributed by atoms with Crippen LogP contribution in [0, 0.1) is 26.6 Å². The molecule has 0 N–H and O–H groups in total. The molecule has 0 aliphatic rings. The zero-order chi connectivity index (χ0) is 12.0. The SMILES string of the molecule is Cc1ccc(F)cc1.Cc1cccc(C)c1. The quantitative estimate of drug-likeness (QED) is 0.610. The van der Waals surface area contributed by atoms with E-state index in [1.165, 1.54) is 23.3 Å². The van der Waals surface area contributed by atoms with Gasteiger partial charge in [0.25, 0.3) is 0 Å². The molecule has 0 atom stereocenters. The molecule has 2 rings (SSSR count). The molecule has 0 bridgehead atoms. The Labute approximate surface area is 96.8 Å². The molecule has 0 saturated heterocycles. The van der Waals surface area contributed by atoms with Crippen LogP contribution in [0.3, 0.4) is 0 Å². The maximum Gasteiger partial charge on any atom is 0.123 e. The highest BCUT2D eigenvalue weighted by atomic mass is 19.1. The normalized spacial score (nSPS) is 9.25. The molecule has 0 aliphatic carbocycles. The first kappa shape index (κ1) is 12.4. The van der Waals surface area contributed by atoms with E-state index in [9.17, 15) is 4.39 Å². The van der Waals surface area contributed by atoms with Gasteiger partial charge in [-0.3, -0.25) is 0 Å². The van der Waals surface area contributed by atoms with Crippen molar-refractivity contribution in [3.8, 4) is 0 Å². The summed E-state index contributed by atoms with van der Waals surface area (Å²) in [5.74, 6) is -0.171. The Morgan fingerprint density at radius 3 is 1.50 bits per heavy atom. The molecule has 2 aromatic rings. The van der Waals surface area contributed by atoms with E-state index in [1.54, 1.807) is 12.1 Å². The van der Waals surface area contributed by atoms with Crippen molar-refractivity contribution in [2.45, 2.75) is 20.8 Å². The molecule has 16 heavy (non-hydrogen) atoms. The molecule has 0 aromatic heterocycles. The van der Waals surface area contributed by atoms with Gasteiger partial charge in [0.05, 0.1) is 0 Å². The number of halogens is 1. The summed E-state index contributed by atoms with van der Waals surface area (Å²) in [4.78, 5) is 0. The fourth-order valence-corrected chi connectivity index (χ4v) is 1.34. The van der Waals surface area contributed by atoms with Crippen molar-refractivity contribution in [2.75, 3.05) is 0 Å². The molecule has 0 amide bonds. The molecular formula is C15H17F. The van der Waals surface area contributed by atoms with Crippen molar-refractivity contribution < 1.29 is 4.39 Å². The third-order valence-electron chi connectivity index (χ3n) is 2.18. The zero-order valence-electron chi connectivity index (χ0n) is 10.00. The predicted octanol–water partition coefficient (Wildman–Crippen LogP) is 4.44. The van der Waals surface area contributed by atoms with Crippen molar-refractivity contribution in [1.29, 1.82) is 0 Å². The van der Waals surface area contributed by atoms with Crippen LogP contribution in [0.4, 0.5) is 4.39 Å². The average molecular weight is 216 g/mol. The largest absolute Gasteiger partial charge is 0.207 e. The van der Waals surface area contributed by atoms with E-state index in [0.717, 1.165) is 5.56 Å². The number of hydrogen-bond donors (Lipinski definition) is 0. The minimum Gasteiger partial charge on any atom is -0.207 e. The fourth-order valence-electron chi connectivity index (χ4n) is 1.34. The summed E-state index contributed by atoms with van der Waals surface area (Å²) in [5, 5.41) is 0. The summed E-state index contributed by atoms with van der Waals surface area (Å²) < 4.78 is 12.1. The monoisotopic (exact) mass is 216 g/mol. The van der Waals surface area contributed by atoms with Gasteiger partial charge in [0.15, 0.2) is 0 Å². The summed E-state index contributed by atoms with van der Waals surface area (Å²) in [7, 11) is 0. The standard InChI is InChI=1S/C8H10.C7H7F/c1-7-4-3-5-8(2)6-7;1-6-2-4-7(8)5-3-6/h3-6H,1-2H3;2-5H,1H3. The lowest BCUT2D eigenvalue weighted by atomic mass is 10.2. The highest BCUT2D eigenvalue weighted by Gasteiger charge is 1.83. The van der Waals surface area contributed by atoms with Gasteiger partial charge < -0.3 is 0 Å². The van der Waals surface area contributed by atoms with E-state index in [4.69, 9.17) is 0 Å². The second-order valence-corrected chi connectivity index (χ2v) is 3.95. The third kappa shape index (κ3) is 4.74. The first-order valence-electron chi connectivity index (χ1n) is 5.33. The molecule has 0 fully saturated rings. The van der Waals surface area contributed by atoms with E-state index in [2.05, 4.69) is 38.1 Å².